The van der Waals surface area contributed by atoms with Crippen LogP contribution < -0.4 is 10.2 Å². The van der Waals surface area contributed by atoms with Gasteiger partial charge in [0.05, 0.1) is 16.2 Å². The molecule has 0 unspecified atom stereocenters. The minimum Gasteiger partial charge on any atom is -0.325 e. The number of carbonyl (C=O) groups is 3. The lowest BCUT2D eigenvalue weighted by atomic mass is 10.1. The minimum absolute atomic E-state index is 0.130. The van der Waals surface area contributed by atoms with Crippen LogP contribution in [0.1, 0.15) is 19.4 Å². The van der Waals surface area contributed by atoms with Crippen LogP contribution in [-0.4, -0.2) is 39.5 Å². The molecule has 0 spiro atoms. The summed E-state index contributed by atoms with van der Waals surface area (Å²) >= 11 is 6.45. The first-order valence-electron chi connectivity index (χ1n) is 9.54. The number of halogens is 1. The van der Waals surface area contributed by atoms with Crippen LogP contribution in [0.25, 0.3) is 5.57 Å². The molecule has 6 nitrogen and oxygen atoms in total. The Balaban J connectivity index is 1.65. The molecule has 0 bridgehead atoms. The van der Waals surface area contributed by atoms with Crippen molar-refractivity contribution < 1.29 is 18.8 Å². The fourth-order valence-corrected chi connectivity index (χ4v) is 5.10. The molecule has 2 aromatic rings. The molecule has 158 valence electrons. The predicted molar refractivity (Wildman–Crippen MR) is 123 cm³/mol. The Hall–Kier alpha value is -3.04. The highest BCUT2D eigenvalue weighted by Crippen LogP contribution is 2.44. The quantitative estimate of drug-likeness (QED) is 0.561. The van der Waals surface area contributed by atoms with Crippen LogP contribution in [0, 0.1) is 5.82 Å². The molecule has 2 aromatic carbocycles. The van der Waals surface area contributed by atoms with E-state index in [0.29, 0.717) is 21.3 Å². The molecule has 4 rings (SSSR count). The first-order valence-corrected chi connectivity index (χ1v) is 10.8. The molecule has 1 fully saturated rings. The first kappa shape index (κ1) is 21.2. The summed E-state index contributed by atoms with van der Waals surface area (Å²) in [6.07, 6.45) is 0. The Morgan fingerprint density at radius 2 is 1.77 bits per heavy atom. The zero-order chi connectivity index (χ0) is 22.3. The van der Waals surface area contributed by atoms with Gasteiger partial charge in [0.1, 0.15) is 16.7 Å². The average Bonchev–Trinajstić information content (AvgIpc) is 3.16. The molecule has 2 aliphatic rings. The van der Waals surface area contributed by atoms with Crippen molar-refractivity contribution in [3.05, 3.63) is 64.8 Å². The Kier molecular flexibility index (Phi) is 5.63. The third-order valence-electron chi connectivity index (χ3n) is 4.90. The predicted octanol–water partition coefficient (Wildman–Crippen LogP) is 3.79. The third-order valence-corrected chi connectivity index (χ3v) is 6.30. The number of carbonyl (C=O) groups excluding carboxylic acids is 3. The molecule has 3 amide bonds. The molecule has 9 heteroatoms. The second-order valence-electron chi connectivity index (χ2n) is 7.30. The fraction of sp³-hybridized carbons (Fsp3) is 0.182. The number of fused-ring (bicyclic) bond motifs is 1. The van der Waals surface area contributed by atoms with Crippen LogP contribution >= 0.6 is 24.0 Å². The molecule has 2 aliphatic heterocycles. The highest BCUT2D eigenvalue weighted by Gasteiger charge is 2.43. The normalized spacial score (nSPS) is 18.3. The van der Waals surface area contributed by atoms with Gasteiger partial charge in [-0.25, -0.2) is 4.39 Å². The van der Waals surface area contributed by atoms with E-state index in [1.807, 2.05) is 13.8 Å². The maximum atomic E-state index is 13.3. The molecule has 1 N–H and O–H groups in total. The lowest BCUT2D eigenvalue weighted by molar-refractivity contribution is -0.123. The molecule has 0 aliphatic carbocycles. The van der Waals surface area contributed by atoms with Crippen LogP contribution in [-0.2, 0) is 14.4 Å². The Morgan fingerprint density at radius 1 is 1.10 bits per heavy atom. The van der Waals surface area contributed by atoms with E-state index in [4.69, 9.17) is 12.2 Å². The summed E-state index contributed by atoms with van der Waals surface area (Å²) < 4.78 is 13.5. The zero-order valence-electron chi connectivity index (χ0n) is 16.7. The van der Waals surface area contributed by atoms with E-state index in [1.54, 1.807) is 24.3 Å². The van der Waals surface area contributed by atoms with E-state index in [1.165, 1.54) is 34.1 Å². The number of hydrogen-bond acceptors (Lipinski definition) is 5. The zero-order valence-corrected chi connectivity index (χ0v) is 18.3. The van der Waals surface area contributed by atoms with Gasteiger partial charge in [0.2, 0.25) is 5.91 Å². The summed E-state index contributed by atoms with van der Waals surface area (Å²) in [5.41, 5.74) is 1.81. The summed E-state index contributed by atoms with van der Waals surface area (Å²) in [5, 5.41) is 2.65. The van der Waals surface area contributed by atoms with E-state index < -0.39 is 17.6 Å². The lowest BCUT2D eigenvalue weighted by Crippen LogP contribution is -2.36. The van der Waals surface area contributed by atoms with E-state index in [9.17, 15) is 18.8 Å². The summed E-state index contributed by atoms with van der Waals surface area (Å²) in [7, 11) is 0. The molecule has 0 aromatic heterocycles. The van der Waals surface area contributed by atoms with Crippen molar-refractivity contribution in [1.82, 2.24) is 4.90 Å². The Labute approximate surface area is 188 Å². The number of thioether (sulfide) groups is 1. The van der Waals surface area contributed by atoms with Gasteiger partial charge >= 0.3 is 0 Å². The molecular weight excluding hydrogens is 437 g/mol. The van der Waals surface area contributed by atoms with Gasteiger partial charge in [-0.05, 0) is 44.2 Å². The van der Waals surface area contributed by atoms with Crippen molar-refractivity contribution in [1.29, 1.82) is 0 Å². The van der Waals surface area contributed by atoms with Gasteiger partial charge in [0, 0.05) is 17.3 Å². The van der Waals surface area contributed by atoms with Crippen LogP contribution in [0.4, 0.5) is 15.8 Å². The molecular formula is C22H18FN3O3S2. The van der Waals surface area contributed by atoms with Crippen LogP contribution in [0.5, 0.6) is 0 Å². The first-order chi connectivity index (χ1) is 14.8. The number of anilines is 2. The average molecular weight is 456 g/mol. The second kappa shape index (κ2) is 8.24. The number of amides is 3. The van der Waals surface area contributed by atoms with Crippen LogP contribution in [0.2, 0.25) is 0 Å². The van der Waals surface area contributed by atoms with Crippen molar-refractivity contribution in [3.8, 4) is 0 Å². The summed E-state index contributed by atoms with van der Waals surface area (Å²) in [5.74, 6) is -1.59. The molecule has 0 atom stereocenters. The number of thiocarbonyl (C=S) groups is 1. The van der Waals surface area contributed by atoms with E-state index in [-0.39, 0.29) is 29.0 Å². The van der Waals surface area contributed by atoms with Crippen molar-refractivity contribution in [2.24, 2.45) is 0 Å². The van der Waals surface area contributed by atoms with E-state index >= 15 is 0 Å². The molecule has 0 radical (unpaired) electrons. The number of nitrogens with zero attached hydrogens (tertiary/aromatic N) is 2. The van der Waals surface area contributed by atoms with Crippen molar-refractivity contribution >= 4 is 63.0 Å². The van der Waals surface area contributed by atoms with E-state index in [2.05, 4.69) is 5.32 Å². The summed E-state index contributed by atoms with van der Waals surface area (Å²) in [6.45, 7) is 3.46. The number of hydrogen-bond donors (Lipinski definition) is 1. The highest BCUT2D eigenvalue weighted by atomic mass is 32.2. The number of para-hydroxylation sites is 1. The van der Waals surface area contributed by atoms with E-state index in [0.717, 1.165) is 11.8 Å². The van der Waals surface area contributed by atoms with Crippen LogP contribution in [0.3, 0.4) is 0 Å². The van der Waals surface area contributed by atoms with Crippen LogP contribution in [0.15, 0.2) is 53.4 Å². The fourth-order valence-electron chi connectivity index (χ4n) is 3.51. The number of nitrogens with one attached hydrogen (secondary N) is 1. The smallest absolute Gasteiger partial charge is 0.267 e. The number of rotatable bonds is 4. The van der Waals surface area contributed by atoms with Gasteiger partial charge in [-0.1, -0.05) is 42.2 Å². The van der Waals surface area contributed by atoms with Gasteiger partial charge < -0.3 is 5.32 Å². The SMILES string of the molecule is CC(C)N1C(=O)C(=C2C(=O)N(CC(=O)Nc3ccc(F)cc3)c3ccccc32)SC1=S. The van der Waals surface area contributed by atoms with Gasteiger partial charge in [-0.3, -0.25) is 24.2 Å². The molecule has 0 saturated carbocycles. The largest absolute Gasteiger partial charge is 0.325 e. The summed E-state index contributed by atoms with van der Waals surface area (Å²) in [6, 6.07) is 12.2. The van der Waals surface area contributed by atoms with Gasteiger partial charge in [-0.2, -0.15) is 0 Å². The molecule has 2 heterocycles. The maximum absolute atomic E-state index is 13.3. The van der Waals surface area contributed by atoms with Gasteiger partial charge in [0.25, 0.3) is 11.8 Å². The van der Waals surface area contributed by atoms with Crippen molar-refractivity contribution in [3.63, 3.8) is 0 Å². The molecule has 1 saturated heterocycles. The van der Waals surface area contributed by atoms with Gasteiger partial charge in [-0.15, -0.1) is 0 Å². The summed E-state index contributed by atoms with van der Waals surface area (Å²) in [4.78, 5) is 42.0. The monoisotopic (exact) mass is 455 g/mol. The maximum Gasteiger partial charge on any atom is 0.267 e. The van der Waals surface area contributed by atoms with Gasteiger partial charge in [0.15, 0.2) is 0 Å². The number of benzene rings is 2. The Bertz CT molecular complexity index is 1140. The van der Waals surface area contributed by atoms with Crippen molar-refractivity contribution in [2.75, 3.05) is 16.8 Å². The Morgan fingerprint density at radius 3 is 2.42 bits per heavy atom. The van der Waals surface area contributed by atoms with Crippen molar-refractivity contribution in [2.45, 2.75) is 19.9 Å². The lowest BCUT2D eigenvalue weighted by Gasteiger charge is -2.18. The highest BCUT2D eigenvalue weighted by molar-refractivity contribution is 8.26. The second-order valence-corrected chi connectivity index (χ2v) is 8.95. The molecule has 31 heavy (non-hydrogen) atoms. The topological polar surface area (TPSA) is 69.7 Å². The third kappa shape index (κ3) is 3.86. The minimum atomic E-state index is -0.439. The standard InChI is InChI=1S/C22H18FN3O3S2/c1-12(2)26-21(29)19(31-22(26)30)18-15-5-3-4-6-16(15)25(20(18)28)11-17(27)24-14-9-7-13(23)8-10-14/h3-10,12H,11H2,1-2H3,(H,24,27).